The van der Waals surface area contributed by atoms with Gasteiger partial charge in [0.2, 0.25) is 0 Å². The lowest BCUT2D eigenvalue weighted by molar-refractivity contribution is 0.392. The van der Waals surface area contributed by atoms with Crippen molar-refractivity contribution >= 4 is 21.1 Å². The molecule has 2 aromatic carbocycles. The fraction of sp³-hybridized carbons (Fsp3) is 0.176. The van der Waals surface area contributed by atoms with Crippen LogP contribution in [-0.2, 0) is 23.2 Å². The SMILES string of the molecule is NS(=O)(=O)N1CCc2ccc(-c3ncnc4ccccc34)cc2C1. The highest BCUT2D eigenvalue weighted by Crippen LogP contribution is 2.29. The van der Waals surface area contributed by atoms with Gasteiger partial charge in [-0.15, -0.1) is 0 Å². The van der Waals surface area contributed by atoms with Crippen molar-refractivity contribution in [2.75, 3.05) is 6.54 Å². The van der Waals surface area contributed by atoms with Gasteiger partial charge in [-0.2, -0.15) is 12.7 Å². The lowest BCUT2D eigenvalue weighted by atomic mass is 9.96. The Labute approximate surface area is 140 Å². The Morgan fingerprint density at radius 1 is 1.04 bits per heavy atom. The highest BCUT2D eigenvalue weighted by Gasteiger charge is 2.24. The van der Waals surface area contributed by atoms with E-state index < -0.39 is 10.2 Å². The number of hydrogen-bond donors (Lipinski definition) is 1. The zero-order chi connectivity index (χ0) is 16.7. The third-order valence-electron chi connectivity index (χ3n) is 4.36. The Balaban J connectivity index is 1.81. The minimum absolute atomic E-state index is 0.297. The Hall–Kier alpha value is -2.35. The molecule has 2 heterocycles. The molecule has 24 heavy (non-hydrogen) atoms. The molecule has 1 aliphatic heterocycles. The van der Waals surface area contributed by atoms with Gasteiger partial charge in [0.15, 0.2) is 0 Å². The number of benzene rings is 2. The fourth-order valence-corrected chi connectivity index (χ4v) is 3.80. The van der Waals surface area contributed by atoms with Gasteiger partial charge in [-0.1, -0.05) is 30.3 Å². The van der Waals surface area contributed by atoms with E-state index in [1.54, 1.807) is 6.33 Å². The summed E-state index contributed by atoms with van der Waals surface area (Å²) in [5.74, 6) is 0. The van der Waals surface area contributed by atoms with Crippen LogP contribution in [0, 0.1) is 0 Å². The van der Waals surface area contributed by atoms with Crippen LogP contribution in [0.15, 0.2) is 48.8 Å². The fourth-order valence-electron chi connectivity index (χ4n) is 3.13. The van der Waals surface area contributed by atoms with Gasteiger partial charge in [0.25, 0.3) is 10.2 Å². The molecule has 0 amide bonds. The minimum Gasteiger partial charge on any atom is -0.236 e. The van der Waals surface area contributed by atoms with Crippen molar-refractivity contribution in [1.29, 1.82) is 0 Å². The first-order chi connectivity index (χ1) is 11.5. The van der Waals surface area contributed by atoms with Crippen LogP contribution in [0.3, 0.4) is 0 Å². The van der Waals surface area contributed by atoms with Crippen molar-refractivity contribution in [3.8, 4) is 11.3 Å². The summed E-state index contributed by atoms with van der Waals surface area (Å²) in [7, 11) is -3.67. The van der Waals surface area contributed by atoms with Crippen LogP contribution in [0.4, 0.5) is 0 Å². The molecule has 4 rings (SSSR count). The molecule has 0 fully saturated rings. The molecule has 0 unspecified atom stereocenters. The topological polar surface area (TPSA) is 89.2 Å². The van der Waals surface area contributed by atoms with E-state index in [1.165, 1.54) is 4.31 Å². The third-order valence-corrected chi connectivity index (χ3v) is 5.39. The summed E-state index contributed by atoms with van der Waals surface area (Å²) < 4.78 is 24.5. The van der Waals surface area contributed by atoms with Crippen molar-refractivity contribution < 1.29 is 8.42 Å². The zero-order valence-corrected chi connectivity index (χ0v) is 13.7. The molecule has 0 bridgehead atoms. The molecule has 7 heteroatoms. The van der Waals surface area contributed by atoms with Gasteiger partial charge in [0, 0.05) is 24.0 Å². The maximum atomic E-state index is 11.6. The van der Waals surface area contributed by atoms with Crippen LogP contribution in [0.5, 0.6) is 0 Å². The lowest BCUT2D eigenvalue weighted by Gasteiger charge is -2.26. The van der Waals surface area contributed by atoms with Gasteiger partial charge in [-0.25, -0.2) is 15.1 Å². The monoisotopic (exact) mass is 340 g/mol. The molecule has 2 N–H and O–H groups in total. The molecule has 0 aliphatic carbocycles. The zero-order valence-electron chi connectivity index (χ0n) is 12.9. The normalized spacial score (nSPS) is 15.4. The second kappa shape index (κ2) is 5.62. The Kier molecular flexibility index (Phi) is 3.56. The summed E-state index contributed by atoms with van der Waals surface area (Å²) >= 11 is 0. The van der Waals surface area contributed by atoms with Gasteiger partial charge in [0.1, 0.15) is 6.33 Å². The van der Waals surface area contributed by atoms with Crippen molar-refractivity contribution in [2.24, 2.45) is 5.14 Å². The molecule has 0 spiro atoms. The van der Waals surface area contributed by atoms with Crippen LogP contribution in [-0.4, -0.2) is 29.2 Å². The quantitative estimate of drug-likeness (QED) is 0.771. The standard InChI is InChI=1S/C17H16N4O2S/c18-24(22,23)21-8-7-12-5-6-13(9-14(12)10-21)17-15-3-1-2-4-16(15)19-11-20-17/h1-6,9,11H,7-8,10H2,(H2,18,22,23). The van der Waals surface area contributed by atoms with Crippen LogP contribution in [0.1, 0.15) is 11.1 Å². The number of para-hydroxylation sites is 1. The van der Waals surface area contributed by atoms with Gasteiger partial charge in [-0.05, 0) is 29.7 Å². The van der Waals surface area contributed by atoms with E-state index >= 15 is 0 Å². The maximum Gasteiger partial charge on any atom is 0.277 e. The summed E-state index contributed by atoms with van der Waals surface area (Å²) in [6.45, 7) is 0.715. The molecule has 6 nitrogen and oxygen atoms in total. The van der Waals surface area contributed by atoms with Crippen molar-refractivity contribution in [3.05, 3.63) is 59.9 Å². The van der Waals surface area contributed by atoms with Gasteiger partial charge in [-0.3, -0.25) is 0 Å². The first-order valence-corrected chi connectivity index (χ1v) is 9.12. The number of aromatic nitrogens is 2. The minimum atomic E-state index is -3.67. The average molecular weight is 340 g/mol. The van der Waals surface area contributed by atoms with E-state index in [0.29, 0.717) is 19.5 Å². The smallest absolute Gasteiger partial charge is 0.236 e. The predicted octanol–water partition coefficient (Wildman–Crippen LogP) is 1.86. The molecule has 1 aromatic heterocycles. The molecular weight excluding hydrogens is 324 g/mol. The summed E-state index contributed by atoms with van der Waals surface area (Å²) in [4.78, 5) is 8.71. The first kappa shape index (κ1) is 15.2. The number of nitrogens with zero attached hydrogens (tertiary/aromatic N) is 3. The largest absolute Gasteiger partial charge is 0.277 e. The first-order valence-electron chi connectivity index (χ1n) is 7.62. The average Bonchev–Trinajstić information content (AvgIpc) is 2.59. The third kappa shape index (κ3) is 2.66. The van der Waals surface area contributed by atoms with Gasteiger partial charge in [0.05, 0.1) is 11.2 Å². The highest BCUT2D eigenvalue weighted by molar-refractivity contribution is 7.86. The molecule has 3 aromatic rings. The van der Waals surface area contributed by atoms with Crippen LogP contribution < -0.4 is 5.14 Å². The molecule has 0 saturated carbocycles. The van der Waals surface area contributed by atoms with E-state index in [9.17, 15) is 8.42 Å². The number of nitrogens with two attached hydrogens (primary N) is 1. The molecule has 1 aliphatic rings. The number of rotatable bonds is 2. The molecular formula is C17H16N4O2S. The van der Waals surface area contributed by atoms with Gasteiger partial charge < -0.3 is 0 Å². The second-order valence-corrected chi connectivity index (χ2v) is 7.40. The van der Waals surface area contributed by atoms with E-state index in [1.807, 2.05) is 42.5 Å². The predicted molar refractivity (Wildman–Crippen MR) is 92.2 cm³/mol. The Morgan fingerprint density at radius 3 is 2.71 bits per heavy atom. The molecule has 0 saturated heterocycles. The maximum absolute atomic E-state index is 11.6. The van der Waals surface area contributed by atoms with Crippen LogP contribution >= 0.6 is 0 Å². The van der Waals surface area contributed by atoms with Crippen LogP contribution in [0.2, 0.25) is 0 Å². The van der Waals surface area contributed by atoms with Gasteiger partial charge >= 0.3 is 0 Å². The van der Waals surface area contributed by atoms with Crippen molar-refractivity contribution in [3.63, 3.8) is 0 Å². The second-order valence-electron chi connectivity index (χ2n) is 5.85. The summed E-state index contributed by atoms with van der Waals surface area (Å²) in [6.07, 6.45) is 2.21. The summed E-state index contributed by atoms with van der Waals surface area (Å²) in [5.41, 5.74) is 4.79. The molecule has 122 valence electrons. The number of hydrogen-bond acceptors (Lipinski definition) is 4. The van der Waals surface area contributed by atoms with Crippen molar-refractivity contribution in [2.45, 2.75) is 13.0 Å². The Bertz CT molecular complexity index is 1030. The van der Waals surface area contributed by atoms with E-state index in [-0.39, 0.29) is 0 Å². The van der Waals surface area contributed by atoms with E-state index in [2.05, 4.69) is 9.97 Å². The summed E-state index contributed by atoms with van der Waals surface area (Å²) in [5, 5.41) is 6.24. The van der Waals surface area contributed by atoms with Crippen molar-refractivity contribution in [1.82, 2.24) is 14.3 Å². The van der Waals surface area contributed by atoms with E-state index in [4.69, 9.17) is 5.14 Å². The molecule has 0 radical (unpaired) electrons. The van der Waals surface area contributed by atoms with Crippen LogP contribution in [0.25, 0.3) is 22.2 Å². The highest BCUT2D eigenvalue weighted by atomic mass is 32.2. The Morgan fingerprint density at radius 2 is 1.88 bits per heavy atom. The van der Waals surface area contributed by atoms with E-state index in [0.717, 1.165) is 33.3 Å². The summed E-state index contributed by atoms with van der Waals surface area (Å²) in [6, 6.07) is 13.9. The molecule has 0 atom stereocenters. The lowest BCUT2D eigenvalue weighted by Crippen LogP contribution is -2.40. The number of fused-ring (bicyclic) bond motifs is 2.